The van der Waals surface area contributed by atoms with Crippen LogP contribution < -0.4 is 10.6 Å². The second-order valence-corrected chi connectivity index (χ2v) is 6.35. The van der Waals surface area contributed by atoms with Crippen molar-refractivity contribution in [2.24, 2.45) is 5.92 Å². The highest BCUT2D eigenvalue weighted by molar-refractivity contribution is 6.33. The summed E-state index contributed by atoms with van der Waals surface area (Å²) in [7, 11) is 0. The lowest BCUT2D eigenvalue weighted by molar-refractivity contribution is -0.142. The van der Waals surface area contributed by atoms with Crippen molar-refractivity contribution in [1.29, 1.82) is 0 Å². The quantitative estimate of drug-likeness (QED) is 0.585. The van der Waals surface area contributed by atoms with Crippen LogP contribution in [0.4, 0.5) is 0 Å². The molecule has 6 nitrogen and oxygen atoms in total. The normalized spacial score (nSPS) is 13.0. The molecular formula is C18H23ClN2O4. The average molecular weight is 367 g/mol. The number of aliphatic carboxylic acids is 1. The van der Waals surface area contributed by atoms with Crippen LogP contribution in [-0.4, -0.2) is 35.0 Å². The van der Waals surface area contributed by atoms with E-state index in [1.54, 1.807) is 44.2 Å². The summed E-state index contributed by atoms with van der Waals surface area (Å²) in [5, 5.41) is 14.6. The van der Waals surface area contributed by atoms with E-state index in [1.807, 2.05) is 0 Å². The maximum atomic E-state index is 12.5. The van der Waals surface area contributed by atoms with Crippen LogP contribution in [0, 0.1) is 5.92 Å². The molecule has 7 heteroatoms. The molecule has 0 aromatic heterocycles. The number of rotatable bonds is 9. The van der Waals surface area contributed by atoms with E-state index in [2.05, 4.69) is 17.2 Å². The van der Waals surface area contributed by atoms with Crippen molar-refractivity contribution in [3.05, 3.63) is 47.5 Å². The number of allylic oxidation sites excluding steroid dienone is 1. The van der Waals surface area contributed by atoms with Gasteiger partial charge in [-0.15, -0.1) is 6.58 Å². The van der Waals surface area contributed by atoms with E-state index < -0.39 is 29.9 Å². The fraction of sp³-hybridized carbons (Fsp3) is 0.389. The highest BCUT2D eigenvalue weighted by Crippen LogP contribution is 2.15. The lowest BCUT2D eigenvalue weighted by atomic mass is 10.0. The smallest absolute Gasteiger partial charge is 0.326 e. The first-order valence-corrected chi connectivity index (χ1v) is 8.35. The van der Waals surface area contributed by atoms with E-state index in [1.165, 1.54) is 0 Å². The summed E-state index contributed by atoms with van der Waals surface area (Å²) in [6.07, 6.45) is 2.27. The van der Waals surface area contributed by atoms with Crippen molar-refractivity contribution in [1.82, 2.24) is 10.6 Å². The van der Waals surface area contributed by atoms with Gasteiger partial charge in [-0.1, -0.05) is 43.7 Å². The Labute approximate surface area is 152 Å². The van der Waals surface area contributed by atoms with Gasteiger partial charge in [-0.25, -0.2) is 4.79 Å². The molecule has 0 radical (unpaired) electrons. The maximum absolute atomic E-state index is 12.5. The van der Waals surface area contributed by atoms with E-state index in [0.29, 0.717) is 6.42 Å². The highest BCUT2D eigenvalue weighted by Gasteiger charge is 2.28. The molecule has 25 heavy (non-hydrogen) atoms. The van der Waals surface area contributed by atoms with Crippen LogP contribution >= 0.6 is 11.6 Å². The third kappa shape index (κ3) is 6.23. The Morgan fingerprint density at radius 3 is 2.40 bits per heavy atom. The van der Waals surface area contributed by atoms with E-state index in [4.69, 9.17) is 11.6 Å². The number of benzene rings is 1. The van der Waals surface area contributed by atoms with Gasteiger partial charge in [-0.2, -0.15) is 0 Å². The minimum absolute atomic E-state index is 0.230. The zero-order valence-electron chi connectivity index (χ0n) is 14.3. The number of nitrogens with one attached hydrogen (secondary N) is 2. The zero-order valence-corrected chi connectivity index (χ0v) is 15.0. The Kier molecular flexibility index (Phi) is 8.15. The molecule has 0 aliphatic rings. The summed E-state index contributed by atoms with van der Waals surface area (Å²) in [4.78, 5) is 36.1. The third-order valence-corrected chi connectivity index (χ3v) is 3.96. The summed E-state index contributed by atoms with van der Waals surface area (Å²) in [5.74, 6) is -2.40. The SMILES string of the molecule is C=CCCC(NC(=O)C(NC(=O)c1ccccc1Cl)C(C)C)C(=O)O. The molecule has 0 aliphatic heterocycles. The molecule has 0 spiro atoms. The van der Waals surface area contributed by atoms with Gasteiger partial charge in [0, 0.05) is 0 Å². The Hall–Kier alpha value is -2.34. The minimum Gasteiger partial charge on any atom is -0.480 e. The zero-order chi connectivity index (χ0) is 19.0. The van der Waals surface area contributed by atoms with Crippen molar-refractivity contribution in [3.63, 3.8) is 0 Å². The largest absolute Gasteiger partial charge is 0.480 e. The molecule has 0 aliphatic carbocycles. The fourth-order valence-corrected chi connectivity index (χ4v) is 2.42. The summed E-state index contributed by atoms with van der Waals surface area (Å²) < 4.78 is 0. The lowest BCUT2D eigenvalue weighted by Crippen LogP contribution is -2.53. The fourth-order valence-electron chi connectivity index (χ4n) is 2.20. The molecule has 1 aromatic rings. The standard InChI is InChI=1S/C18H23ClN2O4/c1-4-5-10-14(18(24)25)20-17(23)15(11(2)3)21-16(22)12-8-6-7-9-13(12)19/h4,6-9,11,14-15H,1,5,10H2,2-3H3,(H,20,23)(H,21,22)(H,24,25). The van der Waals surface area contributed by atoms with Crippen LogP contribution in [0.25, 0.3) is 0 Å². The third-order valence-electron chi connectivity index (χ3n) is 3.63. The van der Waals surface area contributed by atoms with Crippen molar-refractivity contribution in [3.8, 4) is 0 Å². The first-order valence-electron chi connectivity index (χ1n) is 7.97. The molecule has 2 unspecified atom stereocenters. The average Bonchev–Trinajstić information content (AvgIpc) is 2.55. The number of carbonyl (C=O) groups excluding carboxylic acids is 2. The van der Waals surface area contributed by atoms with Gasteiger partial charge in [0.05, 0.1) is 10.6 Å². The van der Waals surface area contributed by atoms with Crippen molar-refractivity contribution < 1.29 is 19.5 Å². The molecular weight excluding hydrogens is 344 g/mol. The van der Waals surface area contributed by atoms with Gasteiger partial charge < -0.3 is 15.7 Å². The van der Waals surface area contributed by atoms with Gasteiger partial charge in [-0.3, -0.25) is 9.59 Å². The number of carboxylic acids is 1. The van der Waals surface area contributed by atoms with Crippen molar-refractivity contribution in [2.45, 2.75) is 38.8 Å². The van der Waals surface area contributed by atoms with E-state index in [0.717, 1.165) is 0 Å². The second kappa shape index (κ2) is 9.84. The summed E-state index contributed by atoms with van der Waals surface area (Å²) >= 11 is 6.00. The van der Waals surface area contributed by atoms with E-state index in [9.17, 15) is 19.5 Å². The van der Waals surface area contributed by atoms with Crippen LogP contribution in [0.5, 0.6) is 0 Å². The van der Waals surface area contributed by atoms with Gasteiger partial charge in [-0.05, 0) is 30.9 Å². The summed E-state index contributed by atoms with van der Waals surface area (Å²) in [6.45, 7) is 7.06. The van der Waals surface area contributed by atoms with Crippen LogP contribution in [0.2, 0.25) is 5.02 Å². The molecule has 0 heterocycles. The number of amides is 2. The lowest BCUT2D eigenvalue weighted by Gasteiger charge is -2.24. The predicted molar refractivity (Wildman–Crippen MR) is 96.5 cm³/mol. The molecule has 136 valence electrons. The topological polar surface area (TPSA) is 95.5 Å². The van der Waals surface area contributed by atoms with Crippen molar-refractivity contribution >= 4 is 29.4 Å². The predicted octanol–water partition coefficient (Wildman–Crippen LogP) is 2.63. The van der Waals surface area contributed by atoms with Crippen molar-refractivity contribution in [2.75, 3.05) is 0 Å². The van der Waals surface area contributed by atoms with E-state index in [-0.39, 0.29) is 22.9 Å². The molecule has 0 saturated carbocycles. The number of hydrogen-bond acceptors (Lipinski definition) is 3. The van der Waals surface area contributed by atoms with Gasteiger partial charge in [0.2, 0.25) is 5.91 Å². The summed E-state index contributed by atoms with van der Waals surface area (Å²) in [6, 6.07) is 4.58. The molecule has 3 N–H and O–H groups in total. The highest BCUT2D eigenvalue weighted by atomic mass is 35.5. The Morgan fingerprint density at radius 1 is 1.24 bits per heavy atom. The van der Waals surface area contributed by atoms with Gasteiger partial charge in [0.1, 0.15) is 12.1 Å². The number of halogens is 1. The van der Waals surface area contributed by atoms with Gasteiger partial charge in [0.25, 0.3) is 5.91 Å². The van der Waals surface area contributed by atoms with Crippen LogP contribution in [0.15, 0.2) is 36.9 Å². The second-order valence-electron chi connectivity index (χ2n) is 5.94. The first-order chi connectivity index (χ1) is 11.8. The Bertz CT molecular complexity index is 646. The number of carboxylic acid groups (broad SMARTS) is 1. The monoisotopic (exact) mass is 366 g/mol. The number of carbonyl (C=O) groups is 3. The van der Waals surface area contributed by atoms with Crippen LogP contribution in [-0.2, 0) is 9.59 Å². The minimum atomic E-state index is -1.13. The molecule has 0 saturated heterocycles. The maximum Gasteiger partial charge on any atom is 0.326 e. The van der Waals surface area contributed by atoms with Gasteiger partial charge in [0.15, 0.2) is 0 Å². The Morgan fingerprint density at radius 2 is 1.88 bits per heavy atom. The summed E-state index contributed by atoms with van der Waals surface area (Å²) in [5.41, 5.74) is 0.254. The molecule has 2 amide bonds. The molecule has 1 rings (SSSR count). The Balaban J connectivity index is 2.86. The molecule has 0 bridgehead atoms. The van der Waals surface area contributed by atoms with E-state index >= 15 is 0 Å². The molecule has 1 aromatic carbocycles. The van der Waals surface area contributed by atoms with Gasteiger partial charge >= 0.3 is 5.97 Å². The van der Waals surface area contributed by atoms with Crippen LogP contribution in [0.1, 0.15) is 37.0 Å². The first kappa shape index (κ1) is 20.7. The number of hydrogen-bond donors (Lipinski definition) is 3. The van der Waals surface area contributed by atoms with Crippen LogP contribution in [0.3, 0.4) is 0 Å². The molecule has 2 atom stereocenters. The molecule has 0 fully saturated rings.